The highest BCUT2D eigenvalue weighted by molar-refractivity contribution is 7.77. The lowest BCUT2D eigenvalue weighted by molar-refractivity contribution is 0.521. The molecular weight excluding hydrogens is 518 g/mol. The third-order valence-corrected chi connectivity index (χ3v) is 15.5. The zero-order valence-corrected chi connectivity index (χ0v) is 26.7. The fraction of sp³-hybridized carbons (Fsp3) is 0.368. The summed E-state index contributed by atoms with van der Waals surface area (Å²) in [4.78, 5) is 0. The monoisotopic (exact) mass is 564 g/mol. The zero-order chi connectivity index (χ0) is 27.9. The van der Waals surface area contributed by atoms with Gasteiger partial charge in [-0.25, -0.2) is 0 Å². The number of hydrogen-bond acceptors (Lipinski definition) is 0. The molecule has 0 nitrogen and oxygen atoms in total. The first kappa shape index (κ1) is 29.2. The van der Waals surface area contributed by atoms with Gasteiger partial charge in [-0.3, -0.25) is 0 Å². The first-order chi connectivity index (χ1) is 19.7. The first-order valence-electron chi connectivity index (χ1n) is 15.6. The Morgan fingerprint density at radius 1 is 0.425 bits per heavy atom. The van der Waals surface area contributed by atoms with E-state index in [1.165, 1.54) is 25.7 Å². The van der Waals surface area contributed by atoms with Gasteiger partial charge in [-0.15, -0.1) is 0 Å². The lowest BCUT2D eigenvalue weighted by Crippen LogP contribution is -2.39. The van der Waals surface area contributed by atoms with Gasteiger partial charge in [0.05, 0.1) is 0 Å². The first-order valence-corrected chi connectivity index (χ1v) is 18.4. The van der Waals surface area contributed by atoms with Crippen LogP contribution in [-0.2, 0) is 25.7 Å². The van der Waals surface area contributed by atoms with Crippen molar-refractivity contribution in [3.63, 3.8) is 0 Å². The van der Waals surface area contributed by atoms with Gasteiger partial charge < -0.3 is 0 Å². The third-order valence-electron chi connectivity index (χ3n) is 8.89. The maximum Gasteiger partial charge on any atom is -0.00549 e. The molecule has 1 saturated carbocycles. The molecule has 0 heterocycles. The second kappa shape index (κ2) is 14.1. The molecule has 0 saturated heterocycles. The van der Waals surface area contributed by atoms with Crippen molar-refractivity contribution >= 4 is 37.1 Å². The lowest BCUT2D eigenvalue weighted by Gasteiger charge is -2.44. The Morgan fingerprint density at radius 2 is 0.675 bits per heavy atom. The van der Waals surface area contributed by atoms with Crippen LogP contribution in [0.3, 0.4) is 0 Å². The number of aryl methyl sites for hydroxylation is 4. The van der Waals surface area contributed by atoms with Gasteiger partial charge >= 0.3 is 0 Å². The smallest absolute Gasteiger partial charge is 0.00549 e. The maximum absolute atomic E-state index is 2.49. The van der Waals surface area contributed by atoms with Crippen LogP contribution in [0.1, 0.15) is 75.6 Å². The van der Waals surface area contributed by atoms with Crippen molar-refractivity contribution in [2.24, 2.45) is 0 Å². The molecule has 2 atom stereocenters. The fourth-order valence-electron chi connectivity index (χ4n) is 6.85. The molecular formula is C38H46P2. The van der Waals surface area contributed by atoms with Crippen molar-refractivity contribution in [3.05, 3.63) is 119 Å². The summed E-state index contributed by atoms with van der Waals surface area (Å²) in [6.45, 7) is 9.38. The summed E-state index contributed by atoms with van der Waals surface area (Å²) in [5.74, 6) is 0. The minimum absolute atomic E-state index is 0.486. The van der Waals surface area contributed by atoms with Crippen molar-refractivity contribution in [2.75, 3.05) is 0 Å². The van der Waals surface area contributed by atoms with E-state index in [-0.39, 0.29) is 0 Å². The molecule has 1 aliphatic rings. The number of hydrogen-bond donors (Lipinski definition) is 0. The summed E-state index contributed by atoms with van der Waals surface area (Å²) in [5.41, 5.74) is 7.58. The molecule has 0 aromatic heterocycles. The van der Waals surface area contributed by atoms with E-state index in [2.05, 4.69) is 125 Å². The van der Waals surface area contributed by atoms with Crippen molar-refractivity contribution < 1.29 is 0 Å². The summed E-state index contributed by atoms with van der Waals surface area (Å²) in [6, 6.07) is 37.8. The average molecular weight is 565 g/mol. The molecule has 0 unspecified atom stereocenters. The molecule has 0 spiro atoms. The predicted molar refractivity (Wildman–Crippen MR) is 182 cm³/mol. The molecule has 4 aromatic carbocycles. The summed E-state index contributed by atoms with van der Waals surface area (Å²) < 4.78 is 0. The third kappa shape index (κ3) is 6.01. The number of benzene rings is 4. The second-order valence-electron chi connectivity index (χ2n) is 11.1. The Bertz CT molecular complexity index is 1190. The van der Waals surface area contributed by atoms with E-state index in [0.717, 1.165) is 25.7 Å². The minimum Gasteiger partial charge on any atom is -0.0619 e. The van der Waals surface area contributed by atoms with Gasteiger partial charge in [0.15, 0.2) is 0 Å². The van der Waals surface area contributed by atoms with Gasteiger partial charge in [0.2, 0.25) is 0 Å². The highest BCUT2D eigenvalue weighted by atomic mass is 31.1. The molecule has 0 radical (unpaired) electrons. The van der Waals surface area contributed by atoms with Gasteiger partial charge in [0.1, 0.15) is 0 Å². The molecule has 5 rings (SSSR count). The normalized spacial score (nSPS) is 17.4. The van der Waals surface area contributed by atoms with Gasteiger partial charge in [0, 0.05) is 0 Å². The number of rotatable bonds is 10. The highest BCUT2D eigenvalue weighted by Gasteiger charge is 2.40. The second-order valence-corrected chi connectivity index (χ2v) is 15.8. The quantitative estimate of drug-likeness (QED) is 0.169. The van der Waals surface area contributed by atoms with Gasteiger partial charge in [0.25, 0.3) is 0 Å². The molecule has 1 aliphatic carbocycles. The molecule has 208 valence electrons. The van der Waals surface area contributed by atoms with E-state index in [1.54, 1.807) is 43.5 Å². The standard InChI is InChI=1S/C38H46P2/c1-5-29-19-9-13-23-33(29)39(34-24-14-10-20-30(34)6-2)37-27-17-18-28-38(37)40(35-25-15-11-21-31(35)7-3)36-26-16-12-22-32(36)8-4/h9-16,19-26,37-38H,5-8,17-18,27-28H2,1-4H3/t37-,38-/m0/s1. The van der Waals surface area contributed by atoms with E-state index in [1.807, 2.05) is 0 Å². The van der Waals surface area contributed by atoms with Crippen LogP contribution in [0.15, 0.2) is 97.1 Å². The molecule has 4 aromatic rings. The summed E-state index contributed by atoms with van der Waals surface area (Å²) in [7, 11) is -0.973. The van der Waals surface area contributed by atoms with Crippen molar-refractivity contribution in [3.8, 4) is 0 Å². The Labute approximate surface area is 246 Å². The maximum atomic E-state index is 2.49. The van der Waals surface area contributed by atoms with E-state index in [0.29, 0.717) is 11.3 Å². The van der Waals surface area contributed by atoms with Gasteiger partial charge in [-0.05, 0) is 109 Å². The van der Waals surface area contributed by atoms with Crippen molar-refractivity contribution in [1.82, 2.24) is 0 Å². The summed E-state index contributed by atoms with van der Waals surface area (Å²) in [5, 5.41) is 6.56. The topological polar surface area (TPSA) is 0 Å². The van der Waals surface area contributed by atoms with Crippen LogP contribution in [-0.4, -0.2) is 11.3 Å². The van der Waals surface area contributed by atoms with Crippen molar-refractivity contribution in [1.29, 1.82) is 0 Å². The molecule has 1 fully saturated rings. The van der Waals surface area contributed by atoms with Crippen LogP contribution in [0.4, 0.5) is 0 Å². The molecule has 0 amide bonds. The Hall–Kier alpha value is -2.26. The Kier molecular flexibility index (Phi) is 10.3. The molecule has 0 bridgehead atoms. The van der Waals surface area contributed by atoms with E-state index in [9.17, 15) is 0 Å². The molecule has 40 heavy (non-hydrogen) atoms. The summed E-state index contributed by atoms with van der Waals surface area (Å²) >= 11 is 0. The highest BCUT2D eigenvalue weighted by Crippen LogP contribution is 2.57. The predicted octanol–water partition coefficient (Wildman–Crippen LogP) is 8.81. The molecule has 2 heteroatoms. The van der Waals surface area contributed by atoms with Crippen LogP contribution in [0.2, 0.25) is 0 Å². The fourth-order valence-corrected chi connectivity index (χ4v) is 14.6. The molecule has 0 aliphatic heterocycles. The van der Waals surface area contributed by atoms with Crippen LogP contribution in [0.25, 0.3) is 0 Å². The lowest BCUT2D eigenvalue weighted by atomic mass is 9.99. The van der Waals surface area contributed by atoms with Gasteiger partial charge in [-0.2, -0.15) is 0 Å². The SMILES string of the molecule is CCc1ccccc1P(c1ccccc1CC)[C@H]1CCCC[C@@H]1P(c1ccccc1CC)c1ccccc1CC. The van der Waals surface area contributed by atoms with Gasteiger partial charge in [-0.1, -0.05) is 138 Å². The van der Waals surface area contributed by atoms with E-state index in [4.69, 9.17) is 0 Å². The largest absolute Gasteiger partial charge is 0.0619 e. The van der Waals surface area contributed by atoms with E-state index >= 15 is 0 Å². The van der Waals surface area contributed by atoms with Crippen molar-refractivity contribution in [2.45, 2.75) is 90.4 Å². The van der Waals surface area contributed by atoms with E-state index < -0.39 is 15.8 Å². The molecule has 0 N–H and O–H groups in total. The Balaban J connectivity index is 1.75. The van der Waals surface area contributed by atoms with Crippen LogP contribution in [0, 0.1) is 0 Å². The van der Waals surface area contributed by atoms with Crippen LogP contribution in [0.5, 0.6) is 0 Å². The summed E-state index contributed by atoms with van der Waals surface area (Å²) in [6.07, 6.45) is 9.81. The zero-order valence-electron chi connectivity index (χ0n) is 24.9. The average Bonchev–Trinajstić information content (AvgIpc) is 3.03. The van der Waals surface area contributed by atoms with Crippen LogP contribution < -0.4 is 21.2 Å². The van der Waals surface area contributed by atoms with Crippen LogP contribution >= 0.6 is 15.8 Å². The Morgan fingerprint density at radius 3 is 0.925 bits per heavy atom. The minimum atomic E-state index is -0.486.